The molecule has 1 fully saturated rings. The monoisotopic (exact) mass is 201 g/mol. The Morgan fingerprint density at radius 3 is 3.20 bits per heavy atom. The van der Waals surface area contributed by atoms with Crippen LogP contribution < -0.4 is 5.32 Å². The minimum absolute atomic E-state index is 0.594. The van der Waals surface area contributed by atoms with Crippen LogP contribution in [0, 0.1) is 6.92 Å². The highest BCUT2D eigenvalue weighted by atomic mass is 15.0. The lowest BCUT2D eigenvalue weighted by Crippen LogP contribution is -2.08. The third-order valence-electron chi connectivity index (χ3n) is 3.25. The highest BCUT2D eigenvalue weighted by Gasteiger charge is 2.20. The summed E-state index contributed by atoms with van der Waals surface area (Å²) >= 11 is 0. The van der Waals surface area contributed by atoms with Gasteiger partial charge in [-0.05, 0) is 32.0 Å². The molecular formula is C12H15N3. The maximum absolute atomic E-state index is 4.56. The molecule has 3 nitrogen and oxygen atoms in total. The minimum Gasteiger partial charge on any atom is -0.316 e. The average Bonchev–Trinajstić information content (AvgIpc) is 2.85. The van der Waals surface area contributed by atoms with Crippen LogP contribution in [0.25, 0.3) is 5.52 Å². The quantitative estimate of drug-likeness (QED) is 0.761. The van der Waals surface area contributed by atoms with Crippen LogP contribution >= 0.6 is 0 Å². The van der Waals surface area contributed by atoms with Crippen molar-refractivity contribution < 1.29 is 0 Å². The fourth-order valence-electron chi connectivity index (χ4n) is 2.38. The summed E-state index contributed by atoms with van der Waals surface area (Å²) in [5, 5.41) is 3.39. The molecule has 0 aromatic carbocycles. The third kappa shape index (κ3) is 1.35. The van der Waals surface area contributed by atoms with Crippen molar-refractivity contribution in [3.05, 3.63) is 35.9 Å². The van der Waals surface area contributed by atoms with Crippen LogP contribution in [0.1, 0.15) is 23.7 Å². The highest BCUT2D eigenvalue weighted by Crippen LogP contribution is 2.25. The molecule has 2 aromatic heterocycles. The number of aryl methyl sites for hydroxylation is 1. The Morgan fingerprint density at radius 1 is 1.47 bits per heavy atom. The Kier molecular flexibility index (Phi) is 1.99. The van der Waals surface area contributed by atoms with E-state index in [0.29, 0.717) is 5.92 Å². The first kappa shape index (κ1) is 8.92. The van der Waals surface area contributed by atoms with Gasteiger partial charge in [0.05, 0.1) is 17.5 Å². The molecule has 78 valence electrons. The first-order chi connectivity index (χ1) is 7.36. The number of pyridine rings is 1. The number of fused-ring (bicyclic) bond motifs is 1. The van der Waals surface area contributed by atoms with Crippen molar-refractivity contribution in [1.82, 2.24) is 14.7 Å². The van der Waals surface area contributed by atoms with Crippen LogP contribution in [-0.4, -0.2) is 22.5 Å². The molecule has 0 aliphatic carbocycles. The zero-order chi connectivity index (χ0) is 10.3. The molecule has 2 aromatic rings. The lowest BCUT2D eigenvalue weighted by atomic mass is 10.0. The maximum atomic E-state index is 4.56. The van der Waals surface area contributed by atoms with Crippen LogP contribution in [0.5, 0.6) is 0 Å². The van der Waals surface area contributed by atoms with E-state index in [-0.39, 0.29) is 0 Å². The molecule has 0 bridgehead atoms. The Morgan fingerprint density at radius 2 is 2.40 bits per heavy atom. The molecule has 15 heavy (non-hydrogen) atoms. The second-order valence-electron chi connectivity index (χ2n) is 4.24. The van der Waals surface area contributed by atoms with Gasteiger partial charge < -0.3 is 9.72 Å². The standard InChI is InChI=1S/C12H15N3/c1-9-3-2-4-11-12(14-8-15(9)11)10-5-6-13-7-10/h2-4,8,10,13H,5-7H2,1H3. The number of rotatable bonds is 1. The summed E-state index contributed by atoms with van der Waals surface area (Å²) in [7, 11) is 0. The van der Waals surface area contributed by atoms with E-state index < -0.39 is 0 Å². The Bertz CT molecular complexity index is 481. The second kappa shape index (κ2) is 3.35. The summed E-state index contributed by atoms with van der Waals surface area (Å²) < 4.78 is 2.17. The van der Waals surface area contributed by atoms with Crippen molar-refractivity contribution in [2.24, 2.45) is 0 Å². The van der Waals surface area contributed by atoms with Crippen molar-refractivity contribution in [3.8, 4) is 0 Å². The number of nitrogens with one attached hydrogen (secondary N) is 1. The molecule has 0 spiro atoms. The SMILES string of the molecule is Cc1cccc2c(C3CCNC3)ncn12. The molecule has 1 saturated heterocycles. The summed E-state index contributed by atoms with van der Waals surface area (Å²) in [5.74, 6) is 0.594. The van der Waals surface area contributed by atoms with E-state index in [4.69, 9.17) is 0 Å². The van der Waals surface area contributed by atoms with Gasteiger partial charge in [-0.3, -0.25) is 0 Å². The van der Waals surface area contributed by atoms with Gasteiger partial charge in [0.15, 0.2) is 0 Å². The fourth-order valence-corrected chi connectivity index (χ4v) is 2.38. The number of aromatic nitrogens is 2. The zero-order valence-corrected chi connectivity index (χ0v) is 8.90. The van der Waals surface area contributed by atoms with E-state index in [1.165, 1.54) is 23.3 Å². The number of hydrogen-bond donors (Lipinski definition) is 1. The van der Waals surface area contributed by atoms with E-state index in [1.807, 2.05) is 6.33 Å². The van der Waals surface area contributed by atoms with Crippen molar-refractivity contribution in [3.63, 3.8) is 0 Å². The Balaban J connectivity index is 2.15. The van der Waals surface area contributed by atoms with E-state index >= 15 is 0 Å². The van der Waals surface area contributed by atoms with Gasteiger partial charge in [-0.25, -0.2) is 4.98 Å². The zero-order valence-electron chi connectivity index (χ0n) is 8.90. The molecule has 1 atom stereocenters. The normalized spacial score (nSPS) is 21.3. The summed E-state index contributed by atoms with van der Waals surface area (Å²) in [6.07, 6.45) is 3.15. The number of hydrogen-bond acceptors (Lipinski definition) is 2. The van der Waals surface area contributed by atoms with Crippen LogP contribution in [-0.2, 0) is 0 Å². The lowest BCUT2D eigenvalue weighted by Gasteiger charge is -2.05. The van der Waals surface area contributed by atoms with Gasteiger partial charge in [0.2, 0.25) is 0 Å². The van der Waals surface area contributed by atoms with Crippen LogP contribution in [0.2, 0.25) is 0 Å². The molecular weight excluding hydrogens is 186 g/mol. The molecule has 3 heteroatoms. The smallest absolute Gasteiger partial charge is 0.0997 e. The molecule has 1 unspecified atom stereocenters. The fraction of sp³-hybridized carbons (Fsp3) is 0.417. The van der Waals surface area contributed by atoms with E-state index in [9.17, 15) is 0 Å². The van der Waals surface area contributed by atoms with Crippen LogP contribution in [0.15, 0.2) is 24.5 Å². The average molecular weight is 201 g/mol. The number of imidazole rings is 1. The summed E-state index contributed by atoms with van der Waals surface area (Å²) in [4.78, 5) is 4.56. The first-order valence-electron chi connectivity index (χ1n) is 5.49. The predicted molar refractivity (Wildman–Crippen MR) is 60.2 cm³/mol. The molecule has 0 radical (unpaired) electrons. The molecule has 1 aliphatic rings. The third-order valence-corrected chi connectivity index (χ3v) is 3.25. The number of nitrogens with zero attached hydrogens (tertiary/aromatic N) is 2. The maximum Gasteiger partial charge on any atom is 0.0997 e. The van der Waals surface area contributed by atoms with Crippen LogP contribution in [0.4, 0.5) is 0 Å². The van der Waals surface area contributed by atoms with Gasteiger partial charge in [0.25, 0.3) is 0 Å². The van der Waals surface area contributed by atoms with Crippen molar-refractivity contribution >= 4 is 5.52 Å². The highest BCUT2D eigenvalue weighted by molar-refractivity contribution is 5.54. The van der Waals surface area contributed by atoms with E-state index in [0.717, 1.165) is 13.1 Å². The minimum atomic E-state index is 0.594. The van der Waals surface area contributed by atoms with Gasteiger partial charge in [-0.2, -0.15) is 0 Å². The van der Waals surface area contributed by atoms with Gasteiger partial charge in [0.1, 0.15) is 0 Å². The predicted octanol–water partition coefficient (Wildman–Crippen LogP) is 1.72. The molecule has 3 rings (SSSR count). The molecule has 1 N–H and O–H groups in total. The first-order valence-corrected chi connectivity index (χ1v) is 5.49. The molecule has 0 saturated carbocycles. The van der Waals surface area contributed by atoms with E-state index in [1.54, 1.807) is 0 Å². The Labute approximate surface area is 89.1 Å². The molecule has 1 aliphatic heterocycles. The summed E-state index contributed by atoms with van der Waals surface area (Å²) in [5.41, 5.74) is 3.77. The lowest BCUT2D eigenvalue weighted by molar-refractivity contribution is 0.747. The summed E-state index contributed by atoms with van der Waals surface area (Å²) in [6.45, 7) is 4.31. The topological polar surface area (TPSA) is 29.3 Å². The van der Waals surface area contributed by atoms with Gasteiger partial charge >= 0.3 is 0 Å². The van der Waals surface area contributed by atoms with Gasteiger partial charge in [-0.1, -0.05) is 6.07 Å². The largest absolute Gasteiger partial charge is 0.316 e. The van der Waals surface area contributed by atoms with Crippen molar-refractivity contribution in [2.45, 2.75) is 19.3 Å². The second-order valence-corrected chi connectivity index (χ2v) is 4.24. The van der Waals surface area contributed by atoms with Crippen LogP contribution in [0.3, 0.4) is 0 Å². The van der Waals surface area contributed by atoms with Crippen molar-refractivity contribution in [2.75, 3.05) is 13.1 Å². The van der Waals surface area contributed by atoms with Gasteiger partial charge in [-0.15, -0.1) is 0 Å². The van der Waals surface area contributed by atoms with Crippen molar-refractivity contribution in [1.29, 1.82) is 0 Å². The Hall–Kier alpha value is -1.35. The van der Waals surface area contributed by atoms with Gasteiger partial charge in [0, 0.05) is 18.2 Å². The van der Waals surface area contributed by atoms with E-state index in [2.05, 4.69) is 39.8 Å². The molecule has 3 heterocycles. The summed E-state index contributed by atoms with van der Waals surface area (Å²) in [6, 6.07) is 6.39. The molecule has 0 amide bonds.